The zero-order valence-corrected chi connectivity index (χ0v) is 8.04. The number of primary amides is 1. The van der Waals surface area contributed by atoms with Gasteiger partial charge in [0.2, 0.25) is 0 Å². The minimum atomic E-state index is -0.776. The van der Waals surface area contributed by atoms with E-state index in [2.05, 4.69) is 10.1 Å². The number of nitrogens with two attached hydrogens (primary N) is 2. The largest absolute Gasteiger partial charge is 0.506 e. The number of phenols is 1. The number of nitrogen functional groups attached to an aromatic ring is 1. The standard InChI is InChI=1S/C9H8N4O3/c10-5-3-4(1-2-6(5)14)9-12-8(7(11)15)13-16-9/h1-3,14H,10H2,(H2,11,15). The lowest BCUT2D eigenvalue weighted by Crippen LogP contribution is -2.12. The van der Waals surface area contributed by atoms with Crippen molar-refractivity contribution < 1.29 is 14.4 Å². The second-order valence-corrected chi connectivity index (χ2v) is 3.06. The van der Waals surface area contributed by atoms with E-state index in [4.69, 9.17) is 16.0 Å². The third-order valence-corrected chi connectivity index (χ3v) is 1.92. The molecule has 0 saturated carbocycles. The molecule has 82 valence electrons. The summed E-state index contributed by atoms with van der Waals surface area (Å²) in [6, 6.07) is 4.37. The summed E-state index contributed by atoms with van der Waals surface area (Å²) in [5.41, 5.74) is 11.1. The van der Waals surface area contributed by atoms with Crippen molar-refractivity contribution in [3.05, 3.63) is 24.0 Å². The van der Waals surface area contributed by atoms with Crippen molar-refractivity contribution >= 4 is 11.6 Å². The van der Waals surface area contributed by atoms with Gasteiger partial charge in [0.05, 0.1) is 5.69 Å². The molecule has 1 aromatic carbocycles. The summed E-state index contributed by atoms with van der Waals surface area (Å²) in [4.78, 5) is 14.5. The molecule has 1 heterocycles. The Labute approximate surface area is 89.7 Å². The number of phenolic OH excluding ortho intramolecular Hbond substituents is 1. The number of benzene rings is 1. The Morgan fingerprint density at radius 3 is 2.75 bits per heavy atom. The van der Waals surface area contributed by atoms with Crippen molar-refractivity contribution in [3.63, 3.8) is 0 Å². The van der Waals surface area contributed by atoms with Crippen LogP contribution in [0.15, 0.2) is 22.7 Å². The summed E-state index contributed by atoms with van der Waals surface area (Å²) in [5, 5.41) is 12.6. The van der Waals surface area contributed by atoms with Crippen LogP contribution in [-0.2, 0) is 0 Å². The van der Waals surface area contributed by atoms with Gasteiger partial charge >= 0.3 is 0 Å². The van der Waals surface area contributed by atoms with Crippen LogP contribution in [0.5, 0.6) is 5.75 Å². The Bertz CT molecular complexity index is 549. The SMILES string of the molecule is NC(=O)c1noc(-c2ccc(O)c(N)c2)n1. The Morgan fingerprint density at radius 1 is 1.44 bits per heavy atom. The van der Waals surface area contributed by atoms with Gasteiger partial charge in [-0.3, -0.25) is 4.79 Å². The first-order valence-electron chi connectivity index (χ1n) is 4.30. The molecule has 0 aliphatic heterocycles. The number of aromatic hydroxyl groups is 1. The van der Waals surface area contributed by atoms with Crippen molar-refractivity contribution in [2.75, 3.05) is 5.73 Å². The van der Waals surface area contributed by atoms with Crippen LogP contribution in [0.1, 0.15) is 10.6 Å². The fraction of sp³-hybridized carbons (Fsp3) is 0. The fourth-order valence-corrected chi connectivity index (χ4v) is 1.13. The van der Waals surface area contributed by atoms with Gasteiger partial charge in [0.15, 0.2) is 0 Å². The van der Waals surface area contributed by atoms with Gasteiger partial charge in [-0.1, -0.05) is 5.16 Å². The molecule has 0 aliphatic carbocycles. The molecule has 16 heavy (non-hydrogen) atoms. The molecule has 2 aromatic rings. The number of amides is 1. The van der Waals surface area contributed by atoms with Crippen molar-refractivity contribution in [2.45, 2.75) is 0 Å². The van der Waals surface area contributed by atoms with E-state index in [1.807, 2.05) is 0 Å². The minimum Gasteiger partial charge on any atom is -0.506 e. The molecule has 0 unspecified atom stereocenters. The number of carbonyl (C=O) groups excluding carboxylic acids is 1. The lowest BCUT2D eigenvalue weighted by molar-refractivity contribution is 0.0987. The van der Waals surface area contributed by atoms with Gasteiger partial charge in [0.1, 0.15) is 5.75 Å². The van der Waals surface area contributed by atoms with Crippen LogP contribution >= 0.6 is 0 Å². The summed E-state index contributed by atoms with van der Waals surface area (Å²) in [6.45, 7) is 0. The van der Waals surface area contributed by atoms with Gasteiger partial charge < -0.3 is 21.1 Å². The van der Waals surface area contributed by atoms with E-state index in [1.165, 1.54) is 18.2 Å². The third-order valence-electron chi connectivity index (χ3n) is 1.92. The monoisotopic (exact) mass is 220 g/mol. The smallest absolute Gasteiger partial charge is 0.290 e. The Balaban J connectivity index is 2.42. The zero-order valence-electron chi connectivity index (χ0n) is 8.04. The highest BCUT2D eigenvalue weighted by Crippen LogP contribution is 2.26. The van der Waals surface area contributed by atoms with E-state index in [1.54, 1.807) is 0 Å². The van der Waals surface area contributed by atoms with Crippen LogP contribution in [0.4, 0.5) is 5.69 Å². The normalized spacial score (nSPS) is 10.2. The number of aromatic nitrogens is 2. The van der Waals surface area contributed by atoms with Crippen LogP contribution in [0.2, 0.25) is 0 Å². The lowest BCUT2D eigenvalue weighted by Gasteiger charge is -1.99. The van der Waals surface area contributed by atoms with Crippen molar-refractivity contribution in [1.29, 1.82) is 0 Å². The second-order valence-electron chi connectivity index (χ2n) is 3.06. The summed E-state index contributed by atoms with van der Waals surface area (Å²) in [7, 11) is 0. The van der Waals surface area contributed by atoms with Crippen molar-refractivity contribution in [1.82, 2.24) is 10.1 Å². The number of anilines is 1. The topological polar surface area (TPSA) is 128 Å². The van der Waals surface area contributed by atoms with Crippen LogP contribution in [0, 0.1) is 0 Å². The molecule has 0 aliphatic rings. The number of nitrogens with zero attached hydrogens (tertiary/aromatic N) is 2. The first-order chi connectivity index (χ1) is 7.58. The average Bonchev–Trinajstić information content (AvgIpc) is 2.71. The van der Waals surface area contributed by atoms with E-state index >= 15 is 0 Å². The van der Waals surface area contributed by atoms with Gasteiger partial charge in [-0.25, -0.2) is 0 Å². The molecular weight excluding hydrogens is 212 g/mol. The molecule has 7 heteroatoms. The van der Waals surface area contributed by atoms with E-state index in [9.17, 15) is 9.90 Å². The summed E-state index contributed by atoms with van der Waals surface area (Å²) in [5.74, 6) is -0.915. The molecule has 0 bridgehead atoms. The summed E-state index contributed by atoms with van der Waals surface area (Å²) < 4.78 is 4.81. The van der Waals surface area contributed by atoms with E-state index in [0.29, 0.717) is 5.56 Å². The van der Waals surface area contributed by atoms with Gasteiger partial charge in [-0.2, -0.15) is 4.98 Å². The van der Waals surface area contributed by atoms with Crippen molar-refractivity contribution in [2.24, 2.45) is 5.73 Å². The van der Waals surface area contributed by atoms with E-state index < -0.39 is 5.91 Å². The third kappa shape index (κ3) is 1.65. The number of carbonyl (C=O) groups is 1. The molecule has 1 amide bonds. The maximum absolute atomic E-state index is 10.7. The fourth-order valence-electron chi connectivity index (χ4n) is 1.13. The van der Waals surface area contributed by atoms with Crippen LogP contribution in [0.25, 0.3) is 11.5 Å². The molecule has 0 fully saturated rings. The molecule has 0 saturated heterocycles. The molecule has 0 radical (unpaired) electrons. The first-order valence-corrected chi connectivity index (χ1v) is 4.30. The highest BCUT2D eigenvalue weighted by atomic mass is 16.5. The molecule has 2 rings (SSSR count). The molecule has 0 spiro atoms. The average molecular weight is 220 g/mol. The Kier molecular flexibility index (Phi) is 2.20. The Hall–Kier alpha value is -2.57. The lowest BCUT2D eigenvalue weighted by atomic mass is 10.2. The van der Waals surface area contributed by atoms with Gasteiger partial charge in [-0.05, 0) is 18.2 Å². The minimum absolute atomic E-state index is 0.0432. The van der Waals surface area contributed by atoms with Crippen LogP contribution in [-0.4, -0.2) is 21.2 Å². The quantitative estimate of drug-likeness (QED) is 0.487. The molecule has 1 aromatic heterocycles. The Morgan fingerprint density at radius 2 is 2.19 bits per heavy atom. The van der Waals surface area contributed by atoms with Crippen LogP contribution < -0.4 is 11.5 Å². The number of hydrogen-bond acceptors (Lipinski definition) is 6. The zero-order chi connectivity index (χ0) is 11.7. The predicted molar refractivity (Wildman–Crippen MR) is 54.3 cm³/mol. The number of rotatable bonds is 2. The second kappa shape index (κ2) is 3.54. The number of hydrogen-bond donors (Lipinski definition) is 3. The molecule has 7 nitrogen and oxygen atoms in total. The molecular formula is C9H8N4O3. The summed E-state index contributed by atoms with van der Waals surface area (Å²) >= 11 is 0. The van der Waals surface area contributed by atoms with Gasteiger partial charge in [-0.15, -0.1) is 0 Å². The highest BCUT2D eigenvalue weighted by Gasteiger charge is 2.13. The van der Waals surface area contributed by atoms with E-state index in [0.717, 1.165) is 0 Å². The van der Waals surface area contributed by atoms with E-state index in [-0.39, 0.29) is 23.2 Å². The maximum Gasteiger partial charge on any atom is 0.290 e. The first kappa shape index (κ1) is 9.97. The molecule has 5 N–H and O–H groups in total. The summed E-state index contributed by atoms with van der Waals surface area (Å²) in [6.07, 6.45) is 0. The predicted octanol–water partition coefficient (Wildman–Crippen LogP) is 0.123. The maximum atomic E-state index is 10.7. The van der Waals surface area contributed by atoms with Crippen molar-refractivity contribution in [3.8, 4) is 17.2 Å². The molecule has 0 atom stereocenters. The van der Waals surface area contributed by atoms with Gasteiger partial charge in [0.25, 0.3) is 17.6 Å². The van der Waals surface area contributed by atoms with Gasteiger partial charge in [0, 0.05) is 5.56 Å². The van der Waals surface area contributed by atoms with Crippen LogP contribution in [0.3, 0.4) is 0 Å². The highest BCUT2D eigenvalue weighted by molar-refractivity contribution is 5.89.